The SMILES string of the molecule is CC(=O)O[C@H]1C[C@H](OC(C)=O)[C@H](OC(C)=O)C[C@@H]1COCc1ccccc1. The summed E-state index contributed by atoms with van der Waals surface area (Å²) in [4.78, 5) is 34.3. The summed E-state index contributed by atoms with van der Waals surface area (Å²) < 4.78 is 21.9. The van der Waals surface area contributed by atoms with Gasteiger partial charge < -0.3 is 18.9 Å². The Morgan fingerprint density at radius 1 is 0.815 bits per heavy atom. The Hall–Kier alpha value is -2.41. The van der Waals surface area contributed by atoms with Gasteiger partial charge in [-0.25, -0.2) is 0 Å². The van der Waals surface area contributed by atoms with Gasteiger partial charge in [-0.3, -0.25) is 14.4 Å². The lowest BCUT2D eigenvalue weighted by Crippen LogP contribution is -2.48. The smallest absolute Gasteiger partial charge is 0.303 e. The van der Waals surface area contributed by atoms with Gasteiger partial charge in [0.05, 0.1) is 13.2 Å². The van der Waals surface area contributed by atoms with Crippen molar-refractivity contribution >= 4 is 17.9 Å². The largest absolute Gasteiger partial charge is 0.462 e. The van der Waals surface area contributed by atoms with Crippen LogP contribution < -0.4 is 0 Å². The minimum absolute atomic E-state index is 0.172. The standard InChI is InChI=1S/C20H26O7/c1-13(21)25-18-10-20(27-15(3)23)19(26-14(2)22)9-17(18)12-24-11-16-7-5-4-6-8-16/h4-8,17-20H,9-12H2,1-3H3/t17-,18+,19-,20+/m1/s1. The maximum atomic E-state index is 11.5. The molecule has 0 aromatic heterocycles. The molecule has 1 aromatic rings. The molecule has 1 fully saturated rings. The van der Waals surface area contributed by atoms with Crippen LogP contribution in [0.5, 0.6) is 0 Å². The molecule has 1 saturated carbocycles. The molecule has 4 atom stereocenters. The highest BCUT2D eigenvalue weighted by molar-refractivity contribution is 5.67. The lowest BCUT2D eigenvalue weighted by molar-refractivity contribution is -0.185. The number of esters is 3. The van der Waals surface area contributed by atoms with Gasteiger partial charge in [0.15, 0.2) is 0 Å². The zero-order valence-electron chi connectivity index (χ0n) is 15.9. The van der Waals surface area contributed by atoms with Crippen LogP contribution >= 0.6 is 0 Å². The second-order valence-electron chi connectivity index (χ2n) is 6.68. The average molecular weight is 378 g/mol. The van der Waals surface area contributed by atoms with Crippen molar-refractivity contribution in [2.24, 2.45) is 5.92 Å². The van der Waals surface area contributed by atoms with Crippen LogP contribution in [0.25, 0.3) is 0 Å². The van der Waals surface area contributed by atoms with Crippen LogP contribution in [0.1, 0.15) is 39.2 Å². The van der Waals surface area contributed by atoms with Crippen molar-refractivity contribution in [3.63, 3.8) is 0 Å². The Morgan fingerprint density at radius 2 is 1.33 bits per heavy atom. The molecule has 0 saturated heterocycles. The Kier molecular flexibility index (Phi) is 7.79. The highest BCUT2D eigenvalue weighted by atomic mass is 16.6. The van der Waals surface area contributed by atoms with Gasteiger partial charge in [0.2, 0.25) is 0 Å². The molecule has 7 heteroatoms. The van der Waals surface area contributed by atoms with Crippen LogP contribution in [0, 0.1) is 5.92 Å². The molecule has 1 aliphatic rings. The van der Waals surface area contributed by atoms with Gasteiger partial charge in [-0.2, -0.15) is 0 Å². The van der Waals surface area contributed by atoms with Gasteiger partial charge in [0.25, 0.3) is 0 Å². The fraction of sp³-hybridized carbons (Fsp3) is 0.550. The first kappa shape index (κ1) is 20.9. The van der Waals surface area contributed by atoms with Crippen LogP contribution in [0.4, 0.5) is 0 Å². The van der Waals surface area contributed by atoms with E-state index in [0.29, 0.717) is 19.6 Å². The third-order valence-corrected chi connectivity index (χ3v) is 4.34. The molecule has 0 aliphatic heterocycles. The molecule has 27 heavy (non-hydrogen) atoms. The van der Waals surface area contributed by atoms with Gasteiger partial charge in [-0.15, -0.1) is 0 Å². The minimum Gasteiger partial charge on any atom is -0.462 e. The molecule has 148 valence electrons. The van der Waals surface area contributed by atoms with E-state index in [4.69, 9.17) is 18.9 Å². The highest BCUT2D eigenvalue weighted by Crippen LogP contribution is 2.32. The van der Waals surface area contributed by atoms with Gasteiger partial charge >= 0.3 is 17.9 Å². The van der Waals surface area contributed by atoms with E-state index in [9.17, 15) is 14.4 Å². The monoisotopic (exact) mass is 378 g/mol. The summed E-state index contributed by atoms with van der Waals surface area (Å²) in [6.07, 6.45) is -1.08. The van der Waals surface area contributed by atoms with E-state index in [-0.39, 0.29) is 12.3 Å². The van der Waals surface area contributed by atoms with Gasteiger partial charge in [0.1, 0.15) is 18.3 Å². The maximum Gasteiger partial charge on any atom is 0.303 e. The zero-order valence-corrected chi connectivity index (χ0v) is 15.9. The topological polar surface area (TPSA) is 88.1 Å². The van der Waals surface area contributed by atoms with Crippen molar-refractivity contribution < 1.29 is 33.3 Å². The quantitative estimate of drug-likeness (QED) is 0.532. The summed E-state index contributed by atoms with van der Waals surface area (Å²) in [5, 5.41) is 0. The van der Waals surface area contributed by atoms with Gasteiger partial charge in [-0.1, -0.05) is 30.3 Å². The van der Waals surface area contributed by atoms with E-state index < -0.39 is 36.2 Å². The van der Waals surface area contributed by atoms with E-state index in [1.807, 2.05) is 30.3 Å². The van der Waals surface area contributed by atoms with Crippen LogP contribution in [-0.2, 0) is 39.9 Å². The molecule has 0 amide bonds. The molecule has 7 nitrogen and oxygen atoms in total. The zero-order chi connectivity index (χ0) is 19.8. The van der Waals surface area contributed by atoms with Crippen molar-refractivity contribution in [1.82, 2.24) is 0 Å². The molecule has 2 rings (SSSR count). The first-order chi connectivity index (χ1) is 12.8. The summed E-state index contributed by atoms with van der Waals surface area (Å²) in [5.41, 5.74) is 1.03. The number of carbonyl (C=O) groups is 3. The van der Waals surface area contributed by atoms with Crippen LogP contribution in [0.3, 0.4) is 0 Å². The number of hydrogen-bond acceptors (Lipinski definition) is 7. The lowest BCUT2D eigenvalue weighted by atomic mass is 9.83. The summed E-state index contributed by atoms with van der Waals surface area (Å²) in [6, 6.07) is 9.72. The number of rotatable bonds is 7. The summed E-state index contributed by atoms with van der Waals surface area (Å²) in [7, 11) is 0. The second-order valence-corrected chi connectivity index (χ2v) is 6.68. The summed E-state index contributed by atoms with van der Waals surface area (Å²) >= 11 is 0. The predicted octanol–water partition coefficient (Wildman–Crippen LogP) is 2.41. The predicted molar refractivity (Wildman–Crippen MR) is 95.5 cm³/mol. The van der Waals surface area contributed by atoms with Crippen LogP contribution in [-0.4, -0.2) is 42.8 Å². The Labute approximate surface area is 158 Å². The second kappa shape index (κ2) is 10.1. The average Bonchev–Trinajstić information content (AvgIpc) is 2.58. The Bertz CT molecular complexity index is 643. The molecular weight excluding hydrogens is 352 g/mol. The Morgan fingerprint density at radius 3 is 1.89 bits per heavy atom. The van der Waals surface area contributed by atoms with E-state index in [1.54, 1.807) is 0 Å². The first-order valence-corrected chi connectivity index (χ1v) is 8.98. The molecule has 0 N–H and O–H groups in total. The Balaban J connectivity index is 2.04. The molecule has 0 spiro atoms. The van der Waals surface area contributed by atoms with Crippen molar-refractivity contribution in [2.75, 3.05) is 6.61 Å². The van der Waals surface area contributed by atoms with Crippen molar-refractivity contribution in [3.05, 3.63) is 35.9 Å². The number of ether oxygens (including phenoxy) is 4. The molecule has 0 radical (unpaired) electrons. The summed E-state index contributed by atoms with van der Waals surface area (Å²) in [6.45, 7) is 4.69. The van der Waals surface area contributed by atoms with E-state index in [0.717, 1.165) is 5.56 Å². The van der Waals surface area contributed by atoms with Crippen molar-refractivity contribution in [1.29, 1.82) is 0 Å². The molecule has 0 bridgehead atoms. The van der Waals surface area contributed by atoms with Crippen LogP contribution in [0.2, 0.25) is 0 Å². The minimum atomic E-state index is -0.652. The molecule has 0 heterocycles. The van der Waals surface area contributed by atoms with Gasteiger partial charge in [-0.05, 0) is 12.0 Å². The number of hydrogen-bond donors (Lipinski definition) is 0. The lowest BCUT2D eigenvalue weighted by Gasteiger charge is -2.39. The first-order valence-electron chi connectivity index (χ1n) is 8.98. The number of benzene rings is 1. The fourth-order valence-corrected chi connectivity index (χ4v) is 3.28. The summed E-state index contributed by atoms with van der Waals surface area (Å²) in [5.74, 6) is -1.51. The normalized spacial score (nSPS) is 24.7. The fourth-order valence-electron chi connectivity index (χ4n) is 3.28. The van der Waals surface area contributed by atoms with E-state index >= 15 is 0 Å². The van der Waals surface area contributed by atoms with E-state index in [1.165, 1.54) is 20.8 Å². The highest BCUT2D eigenvalue weighted by Gasteiger charge is 2.42. The van der Waals surface area contributed by atoms with E-state index in [2.05, 4.69) is 0 Å². The number of carbonyl (C=O) groups excluding carboxylic acids is 3. The maximum absolute atomic E-state index is 11.5. The van der Waals surface area contributed by atoms with Crippen molar-refractivity contribution in [3.8, 4) is 0 Å². The molecule has 1 aliphatic carbocycles. The van der Waals surface area contributed by atoms with Gasteiger partial charge in [0, 0.05) is 33.1 Å². The molecular formula is C20H26O7. The van der Waals surface area contributed by atoms with Crippen LogP contribution in [0.15, 0.2) is 30.3 Å². The molecule has 1 aromatic carbocycles. The third kappa shape index (κ3) is 7.02. The third-order valence-electron chi connectivity index (χ3n) is 4.34. The van der Waals surface area contributed by atoms with Crippen molar-refractivity contribution in [2.45, 2.75) is 58.5 Å². The molecule has 0 unspecified atom stereocenters.